The molecule has 4 rings (SSSR count). The zero-order chi connectivity index (χ0) is 20.9. The first kappa shape index (κ1) is 19.8. The number of rotatable bonds is 6. The summed E-state index contributed by atoms with van der Waals surface area (Å²) in [4.78, 5) is 24.9. The molecular formula is C23H19ClN4O2. The van der Waals surface area contributed by atoms with E-state index in [1.54, 1.807) is 30.3 Å². The molecule has 0 unspecified atom stereocenters. The highest BCUT2D eigenvalue weighted by Gasteiger charge is 2.08. The highest BCUT2D eigenvalue weighted by Crippen LogP contribution is 2.10. The number of carbonyl (C=O) groups excluding carboxylic acids is 1. The predicted molar refractivity (Wildman–Crippen MR) is 117 cm³/mol. The van der Waals surface area contributed by atoms with Gasteiger partial charge >= 0.3 is 0 Å². The quantitative estimate of drug-likeness (QED) is 0.520. The average molecular weight is 419 g/mol. The van der Waals surface area contributed by atoms with Crippen LogP contribution in [0.15, 0.2) is 77.6 Å². The van der Waals surface area contributed by atoms with Crippen LogP contribution in [-0.4, -0.2) is 27.4 Å². The fourth-order valence-corrected chi connectivity index (χ4v) is 3.26. The third-order valence-electron chi connectivity index (χ3n) is 4.79. The SMILES string of the molecule is O=C(NCCc1ccc(Cl)cc1)c1ccc(Cn2nnc3ccccc3c2=O)cc1. The molecule has 0 saturated heterocycles. The summed E-state index contributed by atoms with van der Waals surface area (Å²) >= 11 is 5.88. The third kappa shape index (κ3) is 4.55. The van der Waals surface area contributed by atoms with Crippen LogP contribution in [0.3, 0.4) is 0 Å². The fourth-order valence-electron chi connectivity index (χ4n) is 3.13. The van der Waals surface area contributed by atoms with Crippen molar-refractivity contribution in [1.82, 2.24) is 20.3 Å². The normalized spacial score (nSPS) is 10.8. The second kappa shape index (κ2) is 8.88. The zero-order valence-corrected chi connectivity index (χ0v) is 16.8. The lowest BCUT2D eigenvalue weighted by atomic mass is 10.1. The Bertz CT molecular complexity index is 1230. The van der Waals surface area contributed by atoms with Crippen molar-refractivity contribution in [3.8, 4) is 0 Å². The predicted octanol–water partition coefficient (Wildman–Crippen LogP) is 3.47. The number of aromatic nitrogens is 3. The first-order valence-electron chi connectivity index (χ1n) is 9.54. The Hall–Kier alpha value is -3.51. The van der Waals surface area contributed by atoms with E-state index in [4.69, 9.17) is 11.6 Å². The number of nitrogens with one attached hydrogen (secondary N) is 1. The number of hydrogen-bond donors (Lipinski definition) is 1. The second-order valence-electron chi connectivity index (χ2n) is 6.90. The fraction of sp³-hybridized carbons (Fsp3) is 0.130. The van der Waals surface area contributed by atoms with Crippen LogP contribution in [0.2, 0.25) is 5.02 Å². The van der Waals surface area contributed by atoms with Crippen molar-refractivity contribution >= 4 is 28.4 Å². The van der Waals surface area contributed by atoms with Gasteiger partial charge in [0.15, 0.2) is 0 Å². The van der Waals surface area contributed by atoms with Gasteiger partial charge in [0, 0.05) is 17.1 Å². The molecule has 6 nitrogen and oxygen atoms in total. The van der Waals surface area contributed by atoms with Gasteiger partial charge in [-0.25, -0.2) is 4.68 Å². The number of nitrogens with zero attached hydrogens (tertiary/aromatic N) is 3. The van der Waals surface area contributed by atoms with E-state index in [-0.39, 0.29) is 18.0 Å². The Morgan fingerprint density at radius 1 is 0.933 bits per heavy atom. The molecule has 150 valence electrons. The number of fused-ring (bicyclic) bond motifs is 1. The molecule has 7 heteroatoms. The molecule has 30 heavy (non-hydrogen) atoms. The van der Waals surface area contributed by atoms with Crippen LogP contribution in [-0.2, 0) is 13.0 Å². The van der Waals surface area contributed by atoms with Crippen LogP contribution in [0.4, 0.5) is 0 Å². The van der Waals surface area contributed by atoms with Gasteiger partial charge in [-0.15, -0.1) is 5.10 Å². The molecule has 1 amide bonds. The third-order valence-corrected chi connectivity index (χ3v) is 5.04. The standard InChI is InChI=1S/C23H19ClN4O2/c24-19-11-7-16(8-12-19)13-14-25-22(29)18-9-5-17(6-10-18)15-28-23(30)20-3-1-2-4-21(20)26-27-28/h1-12H,13-15H2,(H,25,29). The molecule has 1 N–H and O–H groups in total. The minimum absolute atomic E-state index is 0.141. The van der Waals surface area contributed by atoms with Gasteiger partial charge in [0.25, 0.3) is 11.5 Å². The van der Waals surface area contributed by atoms with Gasteiger partial charge in [-0.1, -0.05) is 53.2 Å². The number of benzene rings is 3. The summed E-state index contributed by atoms with van der Waals surface area (Å²) in [6.45, 7) is 0.819. The molecule has 1 aromatic heterocycles. The van der Waals surface area contributed by atoms with E-state index in [1.165, 1.54) is 4.68 Å². The van der Waals surface area contributed by atoms with Crippen LogP contribution in [0, 0.1) is 0 Å². The number of hydrogen-bond acceptors (Lipinski definition) is 4. The molecule has 0 spiro atoms. The Morgan fingerprint density at radius 2 is 1.63 bits per heavy atom. The van der Waals surface area contributed by atoms with Gasteiger partial charge < -0.3 is 5.32 Å². The molecule has 0 radical (unpaired) electrons. The molecule has 0 fully saturated rings. The molecule has 4 aromatic rings. The minimum atomic E-state index is -0.190. The zero-order valence-electron chi connectivity index (χ0n) is 16.1. The van der Waals surface area contributed by atoms with Gasteiger partial charge in [0.05, 0.1) is 11.9 Å². The maximum absolute atomic E-state index is 12.6. The lowest BCUT2D eigenvalue weighted by Gasteiger charge is -2.08. The lowest BCUT2D eigenvalue weighted by Crippen LogP contribution is -2.26. The van der Waals surface area contributed by atoms with E-state index in [2.05, 4.69) is 15.6 Å². The van der Waals surface area contributed by atoms with E-state index < -0.39 is 0 Å². The molecule has 0 bridgehead atoms. The summed E-state index contributed by atoms with van der Waals surface area (Å²) in [6.07, 6.45) is 0.727. The average Bonchev–Trinajstić information content (AvgIpc) is 2.78. The molecule has 0 aliphatic heterocycles. The van der Waals surface area contributed by atoms with Crippen molar-refractivity contribution in [1.29, 1.82) is 0 Å². The second-order valence-corrected chi connectivity index (χ2v) is 7.34. The summed E-state index contributed by atoms with van der Waals surface area (Å²) in [5.74, 6) is -0.141. The van der Waals surface area contributed by atoms with Gasteiger partial charge in [0.2, 0.25) is 0 Å². The summed E-state index contributed by atoms with van der Waals surface area (Å²) < 4.78 is 1.32. The van der Waals surface area contributed by atoms with E-state index in [0.29, 0.717) is 28.0 Å². The Labute approximate surface area is 178 Å². The molecule has 0 aliphatic carbocycles. The van der Waals surface area contributed by atoms with E-state index in [0.717, 1.165) is 17.5 Å². The highest BCUT2D eigenvalue weighted by molar-refractivity contribution is 6.30. The van der Waals surface area contributed by atoms with Crippen molar-refractivity contribution in [3.63, 3.8) is 0 Å². The number of amides is 1. The first-order valence-corrected chi connectivity index (χ1v) is 9.92. The Morgan fingerprint density at radius 3 is 2.40 bits per heavy atom. The molecule has 0 aliphatic rings. The maximum atomic E-state index is 12.6. The summed E-state index contributed by atoms with van der Waals surface area (Å²) in [6, 6.07) is 21.8. The van der Waals surface area contributed by atoms with Crippen molar-refractivity contribution in [2.75, 3.05) is 6.54 Å². The molecule has 1 heterocycles. The Kier molecular flexibility index (Phi) is 5.86. The van der Waals surface area contributed by atoms with Crippen molar-refractivity contribution in [2.24, 2.45) is 0 Å². The Balaban J connectivity index is 1.38. The number of halogens is 1. The van der Waals surface area contributed by atoms with Crippen LogP contribution < -0.4 is 10.9 Å². The van der Waals surface area contributed by atoms with Gasteiger partial charge in [-0.05, 0) is 53.9 Å². The van der Waals surface area contributed by atoms with E-state index in [9.17, 15) is 9.59 Å². The summed E-state index contributed by atoms with van der Waals surface area (Å²) in [7, 11) is 0. The van der Waals surface area contributed by atoms with Gasteiger partial charge in [-0.2, -0.15) is 0 Å². The smallest absolute Gasteiger partial charge is 0.277 e. The van der Waals surface area contributed by atoms with Crippen LogP contribution >= 0.6 is 11.6 Å². The van der Waals surface area contributed by atoms with Crippen LogP contribution in [0.25, 0.3) is 10.9 Å². The van der Waals surface area contributed by atoms with E-state index >= 15 is 0 Å². The minimum Gasteiger partial charge on any atom is -0.352 e. The largest absolute Gasteiger partial charge is 0.352 e. The first-order chi connectivity index (χ1) is 14.6. The van der Waals surface area contributed by atoms with Crippen molar-refractivity contribution < 1.29 is 4.79 Å². The summed E-state index contributed by atoms with van der Waals surface area (Å²) in [5, 5.41) is 12.2. The molecular weight excluding hydrogens is 400 g/mol. The van der Waals surface area contributed by atoms with Gasteiger partial charge in [-0.3, -0.25) is 9.59 Å². The van der Waals surface area contributed by atoms with Crippen LogP contribution in [0.5, 0.6) is 0 Å². The van der Waals surface area contributed by atoms with Crippen LogP contribution in [0.1, 0.15) is 21.5 Å². The summed E-state index contributed by atoms with van der Waals surface area (Å²) in [5.41, 5.74) is 2.91. The van der Waals surface area contributed by atoms with E-state index in [1.807, 2.05) is 42.5 Å². The highest BCUT2D eigenvalue weighted by atomic mass is 35.5. The van der Waals surface area contributed by atoms with Crippen molar-refractivity contribution in [2.45, 2.75) is 13.0 Å². The topological polar surface area (TPSA) is 76.9 Å². The lowest BCUT2D eigenvalue weighted by molar-refractivity contribution is 0.0954. The number of carbonyl (C=O) groups is 1. The molecule has 0 atom stereocenters. The molecule has 0 saturated carbocycles. The van der Waals surface area contributed by atoms with Gasteiger partial charge in [0.1, 0.15) is 5.52 Å². The maximum Gasteiger partial charge on any atom is 0.277 e. The van der Waals surface area contributed by atoms with Crippen molar-refractivity contribution in [3.05, 3.63) is 105 Å². The monoisotopic (exact) mass is 418 g/mol. The molecule has 3 aromatic carbocycles.